The molecule has 0 amide bonds. The van der Waals surface area contributed by atoms with Gasteiger partial charge < -0.3 is 9.84 Å². The SMILES string of the molecule is CCn1cc(Oc2cc(C)ccc2C(=O)O)cn1. The van der Waals surface area contributed by atoms with Crippen molar-refractivity contribution in [3.8, 4) is 11.5 Å². The predicted octanol–water partition coefficient (Wildman–Crippen LogP) is 2.70. The van der Waals surface area contributed by atoms with Crippen LogP contribution in [0.25, 0.3) is 0 Å². The number of aromatic carboxylic acids is 1. The van der Waals surface area contributed by atoms with E-state index in [0.29, 0.717) is 11.5 Å². The van der Waals surface area contributed by atoms with E-state index in [1.54, 1.807) is 29.2 Å². The van der Waals surface area contributed by atoms with Gasteiger partial charge in [-0.05, 0) is 31.5 Å². The van der Waals surface area contributed by atoms with Crippen LogP contribution in [0.4, 0.5) is 0 Å². The van der Waals surface area contributed by atoms with Crippen molar-refractivity contribution in [3.05, 3.63) is 41.7 Å². The molecule has 1 aromatic heterocycles. The minimum Gasteiger partial charge on any atom is -0.478 e. The summed E-state index contributed by atoms with van der Waals surface area (Å²) in [4.78, 5) is 11.1. The van der Waals surface area contributed by atoms with Crippen molar-refractivity contribution in [1.29, 1.82) is 0 Å². The Morgan fingerprint density at radius 1 is 1.50 bits per heavy atom. The number of carboxylic acid groups (broad SMARTS) is 1. The van der Waals surface area contributed by atoms with E-state index in [1.165, 1.54) is 6.07 Å². The molecule has 2 aromatic rings. The van der Waals surface area contributed by atoms with Crippen molar-refractivity contribution in [3.63, 3.8) is 0 Å². The molecule has 5 heteroatoms. The van der Waals surface area contributed by atoms with Crippen molar-refractivity contribution in [1.82, 2.24) is 9.78 Å². The molecule has 5 nitrogen and oxygen atoms in total. The Balaban J connectivity index is 2.32. The number of aryl methyl sites for hydroxylation is 2. The molecule has 0 fully saturated rings. The van der Waals surface area contributed by atoms with Crippen LogP contribution in [0.15, 0.2) is 30.6 Å². The zero-order valence-electron chi connectivity index (χ0n) is 10.3. The van der Waals surface area contributed by atoms with Gasteiger partial charge in [0.1, 0.15) is 11.3 Å². The first-order valence-electron chi connectivity index (χ1n) is 5.64. The number of carbonyl (C=O) groups is 1. The normalized spacial score (nSPS) is 10.3. The summed E-state index contributed by atoms with van der Waals surface area (Å²) in [5.41, 5.74) is 1.09. The van der Waals surface area contributed by atoms with Crippen LogP contribution in [0.1, 0.15) is 22.8 Å². The third-order valence-electron chi connectivity index (χ3n) is 2.53. The summed E-state index contributed by atoms with van der Waals surface area (Å²) in [7, 11) is 0. The van der Waals surface area contributed by atoms with Crippen LogP contribution < -0.4 is 4.74 Å². The molecule has 0 spiro atoms. The molecule has 0 aliphatic heterocycles. The zero-order valence-corrected chi connectivity index (χ0v) is 10.3. The Morgan fingerprint density at radius 3 is 2.89 bits per heavy atom. The number of rotatable bonds is 4. The second kappa shape index (κ2) is 4.91. The molecule has 0 bridgehead atoms. The van der Waals surface area contributed by atoms with Crippen LogP contribution >= 0.6 is 0 Å². The molecule has 94 valence electrons. The van der Waals surface area contributed by atoms with E-state index in [0.717, 1.165) is 12.1 Å². The first-order chi connectivity index (χ1) is 8.60. The van der Waals surface area contributed by atoms with Gasteiger partial charge in [0.25, 0.3) is 0 Å². The molecule has 0 saturated carbocycles. The number of ether oxygens (including phenoxy) is 1. The summed E-state index contributed by atoms with van der Waals surface area (Å²) in [5.74, 6) is -0.143. The van der Waals surface area contributed by atoms with E-state index in [4.69, 9.17) is 9.84 Å². The molecule has 2 rings (SSSR count). The Labute approximate surface area is 105 Å². The van der Waals surface area contributed by atoms with Crippen molar-refractivity contribution < 1.29 is 14.6 Å². The Kier molecular flexibility index (Phi) is 3.32. The van der Waals surface area contributed by atoms with E-state index in [9.17, 15) is 4.79 Å². The lowest BCUT2D eigenvalue weighted by Gasteiger charge is -2.07. The van der Waals surface area contributed by atoms with Gasteiger partial charge in [0, 0.05) is 6.54 Å². The van der Waals surface area contributed by atoms with Crippen molar-refractivity contribution in [2.45, 2.75) is 20.4 Å². The average Bonchev–Trinajstić information content (AvgIpc) is 2.76. The molecular weight excluding hydrogens is 232 g/mol. The van der Waals surface area contributed by atoms with Crippen LogP contribution in [0.3, 0.4) is 0 Å². The highest BCUT2D eigenvalue weighted by Gasteiger charge is 2.12. The quantitative estimate of drug-likeness (QED) is 0.900. The summed E-state index contributed by atoms with van der Waals surface area (Å²) < 4.78 is 7.28. The molecule has 0 radical (unpaired) electrons. The number of aromatic nitrogens is 2. The summed E-state index contributed by atoms with van der Waals surface area (Å²) >= 11 is 0. The fourth-order valence-electron chi connectivity index (χ4n) is 1.59. The summed E-state index contributed by atoms with van der Waals surface area (Å²) in [6, 6.07) is 4.98. The number of carboxylic acids is 1. The minimum atomic E-state index is -1.01. The smallest absolute Gasteiger partial charge is 0.339 e. The number of benzene rings is 1. The first-order valence-corrected chi connectivity index (χ1v) is 5.64. The average molecular weight is 246 g/mol. The second-order valence-electron chi connectivity index (χ2n) is 3.94. The maximum absolute atomic E-state index is 11.1. The largest absolute Gasteiger partial charge is 0.478 e. The monoisotopic (exact) mass is 246 g/mol. The van der Waals surface area contributed by atoms with Gasteiger partial charge in [0.05, 0.1) is 12.4 Å². The zero-order chi connectivity index (χ0) is 13.1. The van der Waals surface area contributed by atoms with Gasteiger partial charge >= 0.3 is 5.97 Å². The Bertz CT molecular complexity index is 575. The summed E-state index contributed by atoms with van der Waals surface area (Å²) in [5, 5.41) is 13.2. The van der Waals surface area contributed by atoms with Crippen molar-refractivity contribution in [2.75, 3.05) is 0 Å². The highest BCUT2D eigenvalue weighted by Crippen LogP contribution is 2.26. The fraction of sp³-hybridized carbons (Fsp3) is 0.231. The standard InChI is InChI=1S/C13H14N2O3/c1-3-15-8-10(7-14-15)18-12-6-9(2)4-5-11(12)13(16)17/h4-8H,3H2,1-2H3,(H,16,17). The molecule has 0 aliphatic rings. The van der Waals surface area contributed by atoms with Gasteiger partial charge in [-0.15, -0.1) is 0 Å². The van der Waals surface area contributed by atoms with Crippen LogP contribution in [0.2, 0.25) is 0 Å². The van der Waals surface area contributed by atoms with Gasteiger partial charge in [-0.1, -0.05) is 6.07 Å². The fourth-order valence-corrected chi connectivity index (χ4v) is 1.59. The molecule has 1 N–H and O–H groups in total. The van der Waals surface area contributed by atoms with Gasteiger partial charge in [-0.3, -0.25) is 4.68 Å². The Morgan fingerprint density at radius 2 is 2.28 bits per heavy atom. The van der Waals surface area contributed by atoms with Gasteiger partial charge in [-0.25, -0.2) is 4.79 Å². The third kappa shape index (κ3) is 2.51. The van der Waals surface area contributed by atoms with E-state index in [1.807, 2.05) is 13.8 Å². The number of hydrogen-bond acceptors (Lipinski definition) is 3. The topological polar surface area (TPSA) is 64.3 Å². The van der Waals surface area contributed by atoms with Gasteiger partial charge in [-0.2, -0.15) is 5.10 Å². The Hall–Kier alpha value is -2.30. The molecule has 0 saturated heterocycles. The molecule has 0 atom stereocenters. The maximum Gasteiger partial charge on any atom is 0.339 e. The number of nitrogens with zero attached hydrogens (tertiary/aromatic N) is 2. The van der Waals surface area contributed by atoms with Gasteiger partial charge in [0.15, 0.2) is 5.75 Å². The highest BCUT2D eigenvalue weighted by molar-refractivity contribution is 5.91. The van der Waals surface area contributed by atoms with Crippen LogP contribution in [-0.2, 0) is 6.54 Å². The summed E-state index contributed by atoms with van der Waals surface area (Å²) in [6.07, 6.45) is 3.30. The first kappa shape index (κ1) is 12.2. The molecule has 18 heavy (non-hydrogen) atoms. The molecule has 0 unspecified atom stereocenters. The van der Waals surface area contributed by atoms with Crippen molar-refractivity contribution in [2.24, 2.45) is 0 Å². The lowest BCUT2D eigenvalue weighted by Crippen LogP contribution is -2.00. The second-order valence-corrected chi connectivity index (χ2v) is 3.94. The summed E-state index contributed by atoms with van der Waals surface area (Å²) in [6.45, 7) is 4.59. The lowest BCUT2D eigenvalue weighted by atomic mass is 10.1. The van der Waals surface area contributed by atoms with Crippen LogP contribution in [-0.4, -0.2) is 20.9 Å². The van der Waals surface area contributed by atoms with E-state index in [-0.39, 0.29) is 5.56 Å². The van der Waals surface area contributed by atoms with Crippen LogP contribution in [0, 0.1) is 6.92 Å². The van der Waals surface area contributed by atoms with E-state index >= 15 is 0 Å². The maximum atomic E-state index is 11.1. The van der Waals surface area contributed by atoms with Gasteiger partial charge in [0.2, 0.25) is 0 Å². The molecule has 0 aliphatic carbocycles. The van der Waals surface area contributed by atoms with E-state index < -0.39 is 5.97 Å². The predicted molar refractivity (Wildman–Crippen MR) is 66.1 cm³/mol. The number of hydrogen-bond donors (Lipinski definition) is 1. The third-order valence-corrected chi connectivity index (χ3v) is 2.53. The highest BCUT2D eigenvalue weighted by atomic mass is 16.5. The minimum absolute atomic E-state index is 0.143. The molecule has 1 aromatic carbocycles. The van der Waals surface area contributed by atoms with Crippen molar-refractivity contribution >= 4 is 5.97 Å². The molecular formula is C13H14N2O3. The molecule has 1 heterocycles. The van der Waals surface area contributed by atoms with Crippen LogP contribution in [0.5, 0.6) is 11.5 Å². The van der Waals surface area contributed by atoms with E-state index in [2.05, 4.69) is 5.10 Å². The lowest BCUT2D eigenvalue weighted by molar-refractivity contribution is 0.0694.